The number of benzene rings is 4. The largest absolute Gasteiger partial charge is 0.298 e. The van der Waals surface area contributed by atoms with Gasteiger partial charge in [-0.3, -0.25) is 4.79 Å². The number of allylic oxidation sites excluding steroid dienone is 4. The molecule has 0 spiro atoms. The van der Waals surface area contributed by atoms with E-state index in [9.17, 15) is 4.79 Å². The van der Waals surface area contributed by atoms with Crippen LogP contribution in [0.15, 0.2) is 71.8 Å². The van der Waals surface area contributed by atoms with E-state index in [4.69, 9.17) is 0 Å². The molecule has 0 amide bonds. The summed E-state index contributed by atoms with van der Waals surface area (Å²) in [5, 5.41) is 2.83. The molecule has 0 bridgehead atoms. The normalized spacial score (nSPS) is 22.1. The molecule has 172 valence electrons. The fourth-order valence-corrected chi connectivity index (χ4v) is 8.62. The Labute approximate surface area is 211 Å². The Morgan fingerprint density at radius 3 is 1.56 bits per heavy atom. The maximum Gasteiger partial charge on any atom is 0.155 e. The highest BCUT2D eigenvalue weighted by Gasteiger charge is 2.49. The molecule has 2 atom stereocenters. The molecule has 4 aromatic carbocycles. The summed E-state index contributed by atoms with van der Waals surface area (Å²) < 4.78 is 0. The van der Waals surface area contributed by atoms with Gasteiger partial charge in [-0.2, -0.15) is 0 Å². The van der Waals surface area contributed by atoms with Gasteiger partial charge in [0.15, 0.2) is 5.78 Å². The summed E-state index contributed by atoms with van der Waals surface area (Å²) in [5.41, 5.74) is 19.3. The van der Waals surface area contributed by atoms with E-state index in [2.05, 4.69) is 74.5 Å². The third kappa shape index (κ3) is 2.14. The number of ketones is 1. The van der Waals surface area contributed by atoms with Crippen LogP contribution in [0.4, 0.5) is 0 Å². The van der Waals surface area contributed by atoms with Gasteiger partial charge in [-0.25, -0.2) is 0 Å². The molecule has 0 radical (unpaired) electrons. The Kier molecular flexibility index (Phi) is 3.43. The second kappa shape index (κ2) is 6.34. The standard InChI is InChI=1S/C35H26O/c1-17-11-21-15-25-23-9-5-3-7-19(23)13-27(25)32-30(21)34-29(17)18(2)12-22-16-26-24-10-6-4-8-20(24)14-28(26)33(31(22)34)35(32)36/h3-12,32-33H,13-16H2,1-2H3. The highest BCUT2D eigenvalue weighted by molar-refractivity contribution is 6.14. The first-order chi connectivity index (χ1) is 17.6. The van der Waals surface area contributed by atoms with E-state index in [0.717, 1.165) is 25.7 Å². The van der Waals surface area contributed by atoms with Crippen molar-refractivity contribution in [3.8, 4) is 0 Å². The van der Waals surface area contributed by atoms with Crippen LogP contribution in [-0.2, 0) is 30.5 Å². The highest BCUT2D eigenvalue weighted by atomic mass is 16.1. The van der Waals surface area contributed by atoms with Gasteiger partial charge in [0.2, 0.25) is 0 Å². The monoisotopic (exact) mass is 462 g/mol. The van der Waals surface area contributed by atoms with Gasteiger partial charge in [0.25, 0.3) is 0 Å². The summed E-state index contributed by atoms with van der Waals surface area (Å²) in [7, 11) is 0. The van der Waals surface area contributed by atoms with Crippen LogP contribution in [-0.4, -0.2) is 5.78 Å². The summed E-state index contributed by atoms with van der Waals surface area (Å²) >= 11 is 0. The summed E-state index contributed by atoms with van der Waals surface area (Å²) in [4.78, 5) is 14.9. The van der Waals surface area contributed by atoms with Crippen LogP contribution in [0.3, 0.4) is 0 Å². The van der Waals surface area contributed by atoms with Gasteiger partial charge in [-0.05, 0) is 128 Å². The van der Waals surface area contributed by atoms with Crippen molar-refractivity contribution in [3.63, 3.8) is 0 Å². The SMILES string of the molecule is Cc1cc2c3c4c5c(cc(C)c14)CC1=C(Cc4ccccc41)C5C(=O)C3C1=C(C2)c2ccccc2C1. The number of fused-ring (bicyclic) bond motifs is 6. The first-order valence-corrected chi connectivity index (χ1v) is 13.3. The third-order valence-electron chi connectivity index (χ3n) is 9.85. The van der Waals surface area contributed by atoms with Gasteiger partial charge in [0, 0.05) is 0 Å². The zero-order valence-corrected chi connectivity index (χ0v) is 20.7. The van der Waals surface area contributed by atoms with Crippen molar-refractivity contribution in [2.24, 2.45) is 0 Å². The zero-order chi connectivity index (χ0) is 23.9. The molecule has 9 rings (SSSR count). The Bertz CT molecular complexity index is 1700. The smallest absolute Gasteiger partial charge is 0.155 e. The molecular formula is C35H26O. The van der Waals surface area contributed by atoms with Crippen LogP contribution in [0.25, 0.3) is 21.9 Å². The lowest BCUT2D eigenvalue weighted by molar-refractivity contribution is -0.120. The number of hydrogen-bond acceptors (Lipinski definition) is 1. The van der Waals surface area contributed by atoms with Crippen molar-refractivity contribution < 1.29 is 4.79 Å². The topological polar surface area (TPSA) is 17.1 Å². The molecule has 36 heavy (non-hydrogen) atoms. The average Bonchev–Trinajstić information content (AvgIpc) is 3.43. The van der Waals surface area contributed by atoms with E-state index >= 15 is 0 Å². The number of Topliss-reactive ketones (excluding diaryl/α,β-unsaturated/α-hetero) is 1. The van der Waals surface area contributed by atoms with Gasteiger partial charge in [0.05, 0.1) is 11.8 Å². The molecule has 0 heterocycles. The predicted molar refractivity (Wildman–Crippen MR) is 145 cm³/mol. The Morgan fingerprint density at radius 1 is 0.583 bits per heavy atom. The average molecular weight is 463 g/mol. The van der Waals surface area contributed by atoms with E-state index in [1.54, 1.807) is 0 Å². The van der Waals surface area contributed by atoms with Crippen molar-refractivity contribution in [2.75, 3.05) is 0 Å². The van der Waals surface area contributed by atoms with Crippen molar-refractivity contribution in [2.45, 2.75) is 51.4 Å². The fourth-order valence-electron chi connectivity index (χ4n) is 8.62. The molecule has 1 nitrogen and oxygen atoms in total. The molecule has 0 saturated carbocycles. The molecular weight excluding hydrogens is 436 g/mol. The molecule has 0 fully saturated rings. The number of aryl methyl sites for hydroxylation is 2. The van der Waals surface area contributed by atoms with Crippen LogP contribution < -0.4 is 0 Å². The van der Waals surface area contributed by atoms with Crippen LogP contribution in [0.5, 0.6) is 0 Å². The molecule has 2 unspecified atom stereocenters. The van der Waals surface area contributed by atoms with Crippen molar-refractivity contribution in [3.05, 3.63) is 127 Å². The maximum atomic E-state index is 14.9. The minimum Gasteiger partial charge on any atom is -0.298 e. The Balaban J connectivity index is 1.39. The lowest BCUT2D eigenvalue weighted by Crippen LogP contribution is -2.34. The Hall–Kier alpha value is -3.71. The van der Waals surface area contributed by atoms with Crippen LogP contribution >= 0.6 is 0 Å². The molecule has 0 aromatic heterocycles. The first-order valence-electron chi connectivity index (χ1n) is 13.3. The maximum absolute atomic E-state index is 14.9. The van der Waals surface area contributed by atoms with E-state index in [1.807, 2.05) is 0 Å². The first kappa shape index (κ1) is 19.5. The van der Waals surface area contributed by atoms with E-state index < -0.39 is 0 Å². The van der Waals surface area contributed by atoms with Crippen LogP contribution in [0.2, 0.25) is 0 Å². The quantitative estimate of drug-likeness (QED) is 0.267. The summed E-state index contributed by atoms with van der Waals surface area (Å²) in [6.45, 7) is 4.56. The van der Waals surface area contributed by atoms with E-state index in [-0.39, 0.29) is 11.8 Å². The highest BCUT2D eigenvalue weighted by Crippen LogP contribution is 2.59. The lowest BCUT2D eigenvalue weighted by atomic mass is 9.61. The molecule has 4 aromatic rings. The fraction of sp³-hybridized carbons (Fsp3) is 0.229. The number of carbonyl (C=O) groups is 1. The van der Waals surface area contributed by atoms with Gasteiger partial charge >= 0.3 is 0 Å². The molecule has 5 aliphatic rings. The number of rotatable bonds is 0. The molecule has 0 N–H and O–H groups in total. The minimum atomic E-state index is -0.109. The predicted octanol–water partition coefficient (Wildman–Crippen LogP) is 7.34. The molecule has 0 saturated heterocycles. The van der Waals surface area contributed by atoms with Gasteiger partial charge in [0.1, 0.15) is 0 Å². The number of hydrogen-bond donors (Lipinski definition) is 0. The van der Waals surface area contributed by atoms with Gasteiger partial charge in [-0.15, -0.1) is 0 Å². The van der Waals surface area contributed by atoms with Crippen LogP contribution in [0.1, 0.15) is 67.5 Å². The molecule has 0 aliphatic heterocycles. The van der Waals surface area contributed by atoms with Crippen LogP contribution in [0, 0.1) is 13.8 Å². The Morgan fingerprint density at radius 2 is 1.06 bits per heavy atom. The summed E-state index contributed by atoms with van der Waals surface area (Å²) in [5.74, 6) is 0.211. The second-order valence-electron chi connectivity index (χ2n) is 11.6. The minimum absolute atomic E-state index is 0.109. The second-order valence-corrected chi connectivity index (χ2v) is 11.6. The third-order valence-corrected chi connectivity index (χ3v) is 9.85. The number of carbonyl (C=O) groups excluding carboxylic acids is 1. The van der Waals surface area contributed by atoms with Gasteiger partial charge < -0.3 is 0 Å². The van der Waals surface area contributed by atoms with Crippen molar-refractivity contribution in [1.29, 1.82) is 0 Å². The lowest BCUT2D eigenvalue weighted by Gasteiger charge is -2.41. The molecule has 1 heteroatoms. The van der Waals surface area contributed by atoms with Crippen molar-refractivity contribution in [1.82, 2.24) is 0 Å². The summed E-state index contributed by atoms with van der Waals surface area (Å²) in [6.07, 6.45) is 3.75. The summed E-state index contributed by atoms with van der Waals surface area (Å²) in [6, 6.07) is 22.5. The molecule has 5 aliphatic carbocycles. The zero-order valence-electron chi connectivity index (χ0n) is 20.7. The van der Waals surface area contributed by atoms with E-state index in [0.29, 0.717) is 5.78 Å². The van der Waals surface area contributed by atoms with Crippen molar-refractivity contribution >= 4 is 27.7 Å². The van der Waals surface area contributed by atoms with E-state index in [1.165, 1.54) is 88.7 Å². The van der Waals surface area contributed by atoms with Gasteiger partial charge in [-0.1, -0.05) is 60.7 Å².